The molecule has 0 unspecified atom stereocenters. The number of anilines is 3. The van der Waals surface area contributed by atoms with Gasteiger partial charge in [0, 0.05) is 16.1 Å². The lowest BCUT2D eigenvalue weighted by atomic mass is 9.73. The first-order valence-electron chi connectivity index (χ1n) is 10.9. The minimum atomic E-state index is -0.0993. The van der Waals surface area contributed by atoms with E-state index in [1.807, 2.05) is 0 Å². The van der Waals surface area contributed by atoms with Crippen molar-refractivity contribution in [3.05, 3.63) is 101 Å². The molecule has 1 nitrogen and oxygen atoms in total. The normalized spacial score (nSPS) is 15.0. The van der Waals surface area contributed by atoms with Gasteiger partial charge in [-0.3, -0.25) is 0 Å². The Morgan fingerprint density at radius 2 is 1.35 bits per heavy atom. The first-order valence-corrected chi connectivity index (χ1v) is 11.3. The van der Waals surface area contributed by atoms with Crippen molar-refractivity contribution in [2.45, 2.75) is 45.4 Å². The van der Waals surface area contributed by atoms with Crippen molar-refractivity contribution < 1.29 is 0 Å². The van der Waals surface area contributed by atoms with Gasteiger partial charge in [0.25, 0.3) is 0 Å². The highest BCUT2D eigenvalue weighted by Gasteiger charge is 2.37. The molecular formula is C29H28ClN. The Bertz CT molecular complexity index is 1310. The summed E-state index contributed by atoms with van der Waals surface area (Å²) in [5.74, 6) is 0. The third kappa shape index (κ3) is 3.23. The van der Waals surface area contributed by atoms with Gasteiger partial charge in [0.1, 0.15) is 0 Å². The van der Waals surface area contributed by atoms with Crippen molar-refractivity contribution in [2.75, 3.05) is 4.90 Å². The summed E-state index contributed by atoms with van der Waals surface area (Å²) in [6.07, 6.45) is 0. The lowest BCUT2D eigenvalue weighted by Crippen LogP contribution is -2.30. The van der Waals surface area contributed by atoms with E-state index in [-0.39, 0.29) is 10.8 Å². The van der Waals surface area contributed by atoms with Crippen molar-refractivity contribution in [1.82, 2.24) is 0 Å². The second-order valence-corrected chi connectivity index (χ2v) is 10.6. The molecule has 1 aliphatic rings. The fraction of sp³-hybridized carbons (Fsp3) is 0.241. The molecule has 2 heteroatoms. The summed E-state index contributed by atoms with van der Waals surface area (Å²) >= 11 is 6.65. The highest BCUT2D eigenvalue weighted by molar-refractivity contribution is 6.31. The van der Waals surface area contributed by atoms with Crippen LogP contribution < -0.4 is 4.90 Å². The molecule has 0 saturated carbocycles. The molecule has 5 rings (SSSR count). The monoisotopic (exact) mass is 425 g/mol. The van der Waals surface area contributed by atoms with E-state index in [1.165, 1.54) is 38.8 Å². The Morgan fingerprint density at radius 3 is 2.06 bits per heavy atom. The van der Waals surface area contributed by atoms with E-state index in [2.05, 4.69) is 118 Å². The van der Waals surface area contributed by atoms with Gasteiger partial charge < -0.3 is 4.90 Å². The van der Waals surface area contributed by atoms with E-state index in [4.69, 9.17) is 11.6 Å². The van der Waals surface area contributed by atoms with Gasteiger partial charge >= 0.3 is 0 Å². The minimum Gasteiger partial charge on any atom is -0.310 e. The number of hydrogen-bond acceptors (Lipinski definition) is 1. The molecule has 0 aliphatic carbocycles. The van der Waals surface area contributed by atoms with Gasteiger partial charge in [-0.25, -0.2) is 0 Å². The number of nitrogens with zero attached hydrogens (tertiary/aromatic N) is 1. The standard InChI is InChI=1S/C29H28ClN/c1-28(2,3)21-16-22(30)18-23(17-21)31-26-13-9-8-12-24(26)29(4,5)25-14-19-10-6-7-11-20(19)15-27(25)31/h6-18H,1-5H3. The van der Waals surface area contributed by atoms with Crippen LogP contribution in [0.15, 0.2) is 78.9 Å². The maximum Gasteiger partial charge on any atom is 0.0509 e. The fourth-order valence-electron chi connectivity index (χ4n) is 4.80. The van der Waals surface area contributed by atoms with Crippen LogP contribution in [0.25, 0.3) is 10.8 Å². The highest BCUT2D eigenvalue weighted by atomic mass is 35.5. The molecule has 1 aliphatic heterocycles. The molecule has 0 radical (unpaired) electrons. The smallest absolute Gasteiger partial charge is 0.0509 e. The number of rotatable bonds is 1. The zero-order chi connectivity index (χ0) is 22.0. The second-order valence-electron chi connectivity index (χ2n) is 10.1. The molecule has 0 amide bonds. The zero-order valence-corrected chi connectivity index (χ0v) is 19.6. The third-order valence-electron chi connectivity index (χ3n) is 6.60. The average Bonchev–Trinajstić information content (AvgIpc) is 2.72. The Balaban J connectivity index is 1.86. The van der Waals surface area contributed by atoms with Gasteiger partial charge in [-0.2, -0.15) is 0 Å². The molecule has 0 spiro atoms. The van der Waals surface area contributed by atoms with Crippen molar-refractivity contribution >= 4 is 39.4 Å². The van der Waals surface area contributed by atoms with Crippen molar-refractivity contribution in [3.63, 3.8) is 0 Å². The van der Waals surface area contributed by atoms with Crippen LogP contribution in [0.2, 0.25) is 5.02 Å². The summed E-state index contributed by atoms with van der Waals surface area (Å²) < 4.78 is 0. The number of benzene rings is 4. The minimum absolute atomic E-state index is 0.0143. The summed E-state index contributed by atoms with van der Waals surface area (Å²) in [6.45, 7) is 11.4. The molecule has 156 valence electrons. The van der Waals surface area contributed by atoms with Crippen LogP contribution in [-0.2, 0) is 10.8 Å². The predicted molar refractivity (Wildman–Crippen MR) is 134 cm³/mol. The second kappa shape index (κ2) is 6.87. The lowest BCUT2D eigenvalue weighted by molar-refractivity contribution is 0.590. The molecule has 0 aromatic heterocycles. The van der Waals surface area contributed by atoms with Crippen LogP contribution >= 0.6 is 11.6 Å². The molecule has 4 aromatic rings. The Kier molecular flexibility index (Phi) is 4.46. The van der Waals surface area contributed by atoms with Crippen LogP contribution in [0.5, 0.6) is 0 Å². The Labute approximate surface area is 190 Å². The van der Waals surface area contributed by atoms with Gasteiger partial charge in [-0.15, -0.1) is 0 Å². The number of para-hydroxylation sites is 1. The quantitative estimate of drug-likeness (QED) is 0.294. The molecule has 4 aromatic carbocycles. The van der Waals surface area contributed by atoms with Crippen molar-refractivity contribution in [3.8, 4) is 0 Å². The molecule has 0 atom stereocenters. The molecule has 0 bridgehead atoms. The van der Waals surface area contributed by atoms with Gasteiger partial charge in [0.2, 0.25) is 0 Å². The van der Waals surface area contributed by atoms with Gasteiger partial charge in [-0.1, -0.05) is 88.7 Å². The SMILES string of the molecule is CC(C)(C)c1cc(Cl)cc(N2c3ccccc3C(C)(C)c3cc4ccccc4cc32)c1. The predicted octanol–water partition coefficient (Wildman–Crippen LogP) is 8.90. The third-order valence-corrected chi connectivity index (χ3v) is 6.82. The topological polar surface area (TPSA) is 3.24 Å². The van der Waals surface area contributed by atoms with Crippen LogP contribution in [0, 0.1) is 0 Å². The maximum absolute atomic E-state index is 6.65. The van der Waals surface area contributed by atoms with E-state index >= 15 is 0 Å². The summed E-state index contributed by atoms with van der Waals surface area (Å²) in [6, 6.07) is 28.5. The highest BCUT2D eigenvalue weighted by Crippen LogP contribution is 2.53. The lowest BCUT2D eigenvalue weighted by Gasteiger charge is -2.42. The van der Waals surface area contributed by atoms with Gasteiger partial charge in [-0.05, 0) is 69.3 Å². The Morgan fingerprint density at radius 1 is 0.710 bits per heavy atom. The molecule has 0 saturated heterocycles. The maximum atomic E-state index is 6.65. The van der Waals surface area contributed by atoms with E-state index in [0.717, 1.165) is 10.7 Å². The summed E-state index contributed by atoms with van der Waals surface area (Å²) in [7, 11) is 0. The molecule has 0 N–H and O–H groups in total. The van der Waals surface area contributed by atoms with E-state index in [0.29, 0.717) is 0 Å². The van der Waals surface area contributed by atoms with Crippen molar-refractivity contribution in [2.24, 2.45) is 0 Å². The fourth-order valence-corrected chi connectivity index (χ4v) is 5.03. The summed E-state index contributed by atoms with van der Waals surface area (Å²) in [5, 5.41) is 3.29. The van der Waals surface area contributed by atoms with Crippen molar-refractivity contribution in [1.29, 1.82) is 0 Å². The van der Waals surface area contributed by atoms with Gasteiger partial charge in [0.15, 0.2) is 0 Å². The summed E-state index contributed by atoms with van der Waals surface area (Å²) in [5.41, 5.74) is 7.37. The largest absolute Gasteiger partial charge is 0.310 e. The average molecular weight is 426 g/mol. The number of hydrogen-bond donors (Lipinski definition) is 0. The number of fused-ring (bicyclic) bond motifs is 3. The van der Waals surface area contributed by atoms with E-state index in [9.17, 15) is 0 Å². The first-order chi connectivity index (χ1) is 14.7. The Hall–Kier alpha value is -2.77. The molecule has 1 heterocycles. The summed E-state index contributed by atoms with van der Waals surface area (Å²) in [4.78, 5) is 2.39. The first kappa shape index (κ1) is 20.2. The number of halogens is 1. The molecule has 31 heavy (non-hydrogen) atoms. The van der Waals surface area contributed by atoms with E-state index in [1.54, 1.807) is 0 Å². The van der Waals surface area contributed by atoms with Crippen LogP contribution in [0.4, 0.5) is 17.1 Å². The zero-order valence-electron chi connectivity index (χ0n) is 18.8. The van der Waals surface area contributed by atoms with E-state index < -0.39 is 0 Å². The van der Waals surface area contributed by atoms with Crippen LogP contribution in [0.3, 0.4) is 0 Å². The van der Waals surface area contributed by atoms with Crippen LogP contribution in [0.1, 0.15) is 51.3 Å². The molecular weight excluding hydrogens is 398 g/mol. The van der Waals surface area contributed by atoms with Crippen LogP contribution in [-0.4, -0.2) is 0 Å². The molecule has 0 fully saturated rings. The van der Waals surface area contributed by atoms with Gasteiger partial charge in [0.05, 0.1) is 11.4 Å².